The van der Waals surface area contributed by atoms with Gasteiger partial charge in [0.25, 0.3) is 0 Å². The molecule has 0 amide bonds. The molecule has 0 atom stereocenters. The zero-order valence-corrected chi connectivity index (χ0v) is 12.7. The predicted molar refractivity (Wildman–Crippen MR) is 77.5 cm³/mol. The molecule has 4 nitrogen and oxygen atoms in total. The zero-order valence-electron chi connectivity index (χ0n) is 11.8. The molecule has 1 aromatic rings. The average Bonchev–Trinajstić information content (AvgIpc) is 2.45. The Balaban J connectivity index is 2.40. The van der Waals surface area contributed by atoms with Crippen LogP contribution in [0.15, 0.2) is 23.1 Å². The van der Waals surface area contributed by atoms with Crippen molar-refractivity contribution in [1.82, 2.24) is 4.31 Å². The number of sulfonamides is 1. The molecule has 2 rings (SSSR count). The fourth-order valence-corrected chi connectivity index (χ4v) is 3.92. The van der Waals surface area contributed by atoms with Crippen molar-refractivity contribution in [2.45, 2.75) is 24.7 Å². The quantitative estimate of drug-likeness (QED) is 0.844. The summed E-state index contributed by atoms with van der Waals surface area (Å²) in [6.07, 6.45) is 1.64. The van der Waals surface area contributed by atoms with Gasteiger partial charge < -0.3 is 5.11 Å². The highest BCUT2D eigenvalue weighted by molar-refractivity contribution is 7.89. The molecule has 1 heterocycles. The smallest absolute Gasteiger partial charge is 0.244 e. The van der Waals surface area contributed by atoms with E-state index >= 15 is 0 Å². The van der Waals surface area contributed by atoms with Crippen LogP contribution in [0, 0.1) is 23.6 Å². The molecule has 0 saturated carbocycles. The van der Waals surface area contributed by atoms with Crippen LogP contribution in [0.25, 0.3) is 0 Å². The second kappa shape index (κ2) is 6.56. The van der Waals surface area contributed by atoms with E-state index < -0.39 is 22.4 Å². The van der Waals surface area contributed by atoms with E-state index in [2.05, 4.69) is 18.8 Å². The van der Waals surface area contributed by atoms with Gasteiger partial charge in [0.1, 0.15) is 12.4 Å². The van der Waals surface area contributed by atoms with Crippen molar-refractivity contribution < 1.29 is 17.9 Å². The van der Waals surface area contributed by atoms with E-state index in [1.807, 2.05) is 0 Å². The van der Waals surface area contributed by atoms with Gasteiger partial charge in [-0.3, -0.25) is 0 Å². The lowest BCUT2D eigenvalue weighted by molar-refractivity contribution is 0.288. The van der Waals surface area contributed by atoms with Crippen molar-refractivity contribution in [1.29, 1.82) is 0 Å². The van der Waals surface area contributed by atoms with Crippen molar-refractivity contribution in [3.8, 4) is 11.8 Å². The standard InChI is InChI=1S/C15H18FNO3S/c1-12-6-8-17(9-7-12)21(19,20)15-5-4-14(16)11-13(15)3-2-10-18/h4-5,11-12,18H,6-10H2,1H3. The highest BCUT2D eigenvalue weighted by Crippen LogP contribution is 2.25. The van der Waals surface area contributed by atoms with E-state index in [1.165, 1.54) is 10.4 Å². The first-order valence-electron chi connectivity index (χ1n) is 6.84. The van der Waals surface area contributed by atoms with E-state index in [9.17, 15) is 12.8 Å². The number of hydrogen-bond acceptors (Lipinski definition) is 3. The molecular weight excluding hydrogens is 293 g/mol. The fraction of sp³-hybridized carbons (Fsp3) is 0.467. The fourth-order valence-electron chi connectivity index (χ4n) is 2.32. The molecule has 0 spiro atoms. The summed E-state index contributed by atoms with van der Waals surface area (Å²) in [5, 5.41) is 8.74. The topological polar surface area (TPSA) is 57.6 Å². The minimum atomic E-state index is -3.68. The van der Waals surface area contributed by atoms with Gasteiger partial charge in [0.2, 0.25) is 10.0 Å². The third kappa shape index (κ3) is 3.62. The third-order valence-electron chi connectivity index (χ3n) is 3.60. The van der Waals surface area contributed by atoms with Crippen LogP contribution in [0.2, 0.25) is 0 Å². The predicted octanol–water partition coefficient (Wildman–Crippen LogP) is 1.59. The first-order chi connectivity index (χ1) is 9.95. The summed E-state index contributed by atoms with van der Waals surface area (Å²) in [7, 11) is -3.68. The lowest BCUT2D eigenvalue weighted by Crippen LogP contribution is -2.38. The molecule has 0 radical (unpaired) electrons. The van der Waals surface area contributed by atoms with Crippen LogP contribution >= 0.6 is 0 Å². The summed E-state index contributed by atoms with van der Waals surface area (Å²) in [6, 6.07) is 3.44. The van der Waals surface area contributed by atoms with Crippen molar-refractivity contribution in [2.75, 3.05) is 19.7 Å². The Labute approximate surface area is 124 Å². The van der Waals surface area contributed by atoms with Crippen LogP contribution in [0.1, 0.15) is 25.3 Å². The second-order valence-electron chi connectivity index (χ2n) is 5.19. The number of halogens is 1. The van der Waals surface area contributed by atoms with Gasteiger partial charge in [0.15, 0.2) is 0 Å². The Morgan fingerprint density at radius 2 is 2.05 bits per heavy atom. The van der Waals surface area contributed by atoms with Crippen LogP contribution in [0.4, 0.5) is 4.39 Å². The summed E-state index contributed by atoms with van der Waals surface area (Å²) in [5.41, 5.74) is 0.0858. The van der Waals surface area contributed by atoms with Crippen LogP contribution in [0.5, 0.6) is 0 Å². The molecule has 0 aliphatic carbocycles. The Morgan fingerprint density at radius 3 is 2.67 bits per heavy atom. The Morgan fingerprint density at radius 1 is 1.38 bits per heavy atom. The van der Waals surface area contributed by atoms with E-state index in [0.717, 1.165) is 25.0 Å². The van der Waals surface area contributed by atoms with Crippen LogP contribution < -0.4 is 0 Å². The van der Waals surface area contributed by atoms with Crippen LogP contribution in [-0.4, -0.2) is 37.5 Å². The molecule has 21 heavy (non-hydrogen) atoms. The van der Waals surface area contributed by atoms with Crippen molar-refractivity contribution in [3.63, 3.8) is 0 Å². The minimum Gasteiger partial charge on any atom is -0.384 e. The number of aliphatic hydroxyl groups excluding tert-OH is 1. The largest absolute Gasteiger partial charge is 0.384 e. The van der Waals surface area contributed by atoms with Gasteiger partial charge in [0.05, 0.1) is 4.90 Å². The number of hydrogen-bond donors (Lipinski definition) is 1. The summed E-state index contributed by atoms with van der Waals surface area (Å²) < 4.78 is 40.1. The summed E-state index contributed by atoms with van der Waals surface area (Å²) in [6.45, 7) is 2.62. The maximum atomic E-state index is 13.3. The van der Waals surface area contributed by atoms with Crippen LogP contribution in [0.3, 0.4) is 0 Å². The molecule has 1 saturated heterocycles. The molecular formula is C15H18FNO3S. The Kier molecular flexibility index (Phi) is 4.99. The Bertz CT molecular complexity index is 668. The van der Waals surface area contributed by atoms with Gasteiger partial charge in [-0.25, -0.2) is 12.8 Å². The number of nitrogens with zero attached hydrogens (tertiary/aromatic N) is 1. The van der Waals surface area contributed by atoms with Gasteiger partial charge in [-0.05, 0) is 37.0 Å². The zero-order chi connectivity index (χ0) is 15.5. The summed E-state index contributed by atoms with van der Waals surface area (Å²) in [5.74, 6) is 4.84. The monoisotopic (exact) mass is 311 g/mol. The van der Waals surface area contributed by atoms with Gasteiger partial charge >= 0.3 is 0 Å². The first kappa shape index (κ1) is 16.0. The lowest BCUT2D eigenvalue weighted by Gasteiger charge is -2.29. The molecule has 0 bridgehead atoms. The number of benzene rings is 1. The lowest BCUT2D eigenvalue weighted by atomic mass is 10.0. The molecule has 0 unspecified atom stereocenters. The summed E-state index contributed by atoms with van der Waals surface area (Å²) in [4.78, 5) is -0.000553. The average molecular weight is 311 g/mol. The van der Waals surface area contributed by atoms with Crippen LogP contribution in [-0.2, 0) is 10.0 Å². The molecule has 114 valence electrons. The SMILES string of the molecule is CC1CCN(S(=O)(=O)c2ccc(F)cc2C#CCO)CC1. The minimum absolute atomic E-state index is 0.000553. The molecule has 1 fully saturated rings. The molecule has 0 aromatic heterocycles. The van der Waals surface area contributed by atoms with E-state index in [1.54, 1.807) is 0 Å². The second-order valence-corrected chi connectivity index (χ2v) is 7.09. The van der Waals surface area contributed by atoms with Gasteiger partial charge in [-0.1, -0.05) is 18.8 Å². The maximum Gasteiger partial charge on any atom is 0.244 e. The molecule has 6 heteroatoms. The highest BCUT2D eigenvalue weighted by atomic mass is 32.2. The third-order valence-corrected chi connectivity index (χ3v) is 5.56. The highest BCUT2D eigenvalue weighted by Gasteiger charge is 2.29. The molecule has 1 aliphatic rings. The van der Waals surface area contributed by atoms with E-state index in [4.69, 9.17) is 5.11 Å². The number of rotatable bonds is 2. The van der Waals surface area contributed by atoms with Crippen molar-refractivity contribution in [2.24, 2.45) is 5.92 Å². The van der Waals surface area contributed by atoms with E-state index in [-0.39, 0.29) is 10.5 Å². The maximum absolute atomic E-state index is 13.3. The Hall–Kier alpha value is -1.42. The number of piperidine rings is 1. The molecule has 1 N–H and O–H groups in total. The molecule has 1 aliphatic heterocycles. The summed E-state index contributed by atoms with van der Waals surface area (Å²) >= 11 is 0. The van der Waals surface area contributed by atoms with E-state index in [0.29, 0.717) is 19.0 Å². The van der Waals surface area contributed by atoms with Crippen molar-refractivity contribution in [3.05, 3.63) is 29.6 Å². The van der Waals surface area contributed by atoms with Crippen molar-refractivity contribution >= 4 is 10.0 Å². The van der Waals surface area contributed by atoms with Gasteiger partial charge in [0, 0.05) is 18.7 Å². The normalized spacial score (nSPS) is 17.3. The van der Waals surface area contributed by atoms with Gasteiger partial charge in [-0.2, -0.15) is 4.31 Å². The molecule has 1 aromatic carbocycles. The van der Waals surface area contributed by atoms with Gasteiger partial charge in [-0.15, -0.1) is 0 Å². The number of aliphatic hydroxyl groups is 1. The first-order valence-corrected chi connectivity index (χ1v) is 8.28.